The smallest absolute Gasteiger partial charge is 0.303 e. The molecule has 0 heterocycles. The predicted octanol–water partition coefficient (Wildman–Crippen LogP) is 5.26. The van der Waals surface area contributed by atoms with Crippen LogP contribution in [-0.4, -0.2) is 56.0 Å². The lowest BCUT2D eigenvalue weighted by Gasteiger charge is -2.29. The van der Waals surface area contributed by atoms with E-state index in [4.69, 9.17) is 9.84 Å². The number of rotatable bonds is 19. The molecule has 0 aliphatic rings. The Morgan fingerprint density at radius 1 is 0.760 bits per heavy atom. The summed E-state index contributed by atoms with van der Waals surface area (Å²) in [5.41, 5.74) is 0. The average Bonchev–Trinajstić information content (AvgIpc) is 2.54. The molecule has 4 heteroatoms. The SMILES string of the molecule is CCCCCCCCCCCCOCCC[N+](C)(C)CCCC(=O)O. The first-order valence-corrected chi connectivity index (χ1v) is 10.6. The van der Waals surface area contributed by atoms with Gasteiger partial charge >= 0.3 is 5.97 Å². The second-order valence-electron chi connectivity index (χ2n) is 8.03. The highest BCUT2D eigenvalue weighted by molar-refractivity contribution is 5.66. The molecule has 0 saturated heterocycles. The highest BCUT2D eigenvalue weighted by Crippen LogP contribution is 2.10. The predicted molar refractivity (Wildman–Crippen MR) is 106 cm³/mol. The molecule has 150 valence electrons. The number of carboxylic acid groups (broad SMARTS) is 1. The largest absolute Gasteiger partial charge is 0.481 e. The molecule has 0 aromatic carbocycles. The Morgan fingerprint density at radius 3 is 1.80 bits per heavy atom. The Kier molecular flexibility index (Phi) is 16.4. The molecule has 0 saturated carbocycles. The normalized spacial score (nSPS) is 11.8. The van der Waals surface area contributed by atoms with Crippen LogP contribution < -0.4 is 0 Å². The standard InChI is InChI=1S/C21H43NO3/c1-4-5-6-7-8-9-10-11-12-13-19-25-20-15-18-22(2,3)17-14-16-21(23)24/h4-20H2,1-3H3/p+1. The summed E-state index contributed by atoms with van der Waals surface area (Å²) in [6, 6.07) is 0. The topological polar surface area (TPSA) is 46.5 Å². The first-order valence-electron chi connectivity index (χ1n) is 10.6. The van der Waals surface area contributed by atoms with E-state index in [1.165, 1.54) is 64.2 Å². The molecule has 0 bridgehead atoms. The van der Waals surface area contributed by atoms with Crippen molar-refractivity contribution >= 4 is 5.97 Å². The second kappa shape index (κ2) is 16.8. The minimum Gasteiger partial charge on any atom is -0.481 e. The average molecular weight is 359 g/mol. The van der Waals surface area contributed by atoms with Crippen LogP contribution in [0.1, 0.15) is 90.4 Å². The minimum absolute atomic E-state index is 0.275. The molecule has 0 radical (unpaired) electrons. The van der Waals surface area contributed by atoms with Crippen molar-refractivity contribution in [3.63, 3.8) is 0 Å². The lowest BCUT2D eigenvalue weighted by Crippen LogP contribution is -2.41. The third-order valence-corrected chi connectivity index (χ3v) is 4.85. The molecular formula is C21H44NO3+. The molecule has 0 rings (SSSR count). The Hall–Kier alpha value is -0.610. The van der Waals surface area contributed by atoms with Crippen molar-refractivity contribution in [3.8, 4) is 0 Å². The van der Waals surface area contributed by atoms with Crippen LogP contribution in [0, 0.1) is 0 Å². The van der Waals surface area contributed by atoms with Gasteiger partial charge in [0, 0.05) is 19.4 Å². The van der Waals surface area contributed by atoms with E-state index < -0.39 is 5.97 Å². The highest BCUT2D eigenvalue weighted by atomic mass is 16.5. The molecular weight excluding hydrogens is 314 g/mol. The van der Waals surface area contributed by atoms with Crippen molar-refractivity contribution in [1.29, 1.82) is 0 Å². The van der Waals surface area contributed by atoms with E-state index in [1.54, 1.807) is 0 Å². The highest BCUT2D eigenvalue weighted by Gasteiger charge is 2.14. The minimum atomic E-state index is -0.695. The second-order valence-corrected chi connectivity index (χ2v) is 8.03. The number of carbonyl (C=O) groups is 1. The lowest BCUT2D eigenvalue weighted by molar-refractivity contribution is -0.890. The number of quaternary nitrogens is 1. The van der Waals surface area contributed by atoms with E-state index in [2.05, 4.69) is 21.0 Å². The molecule has 0 fully saturated rings. The van der Waals surface area contributed by atoms with E-state index in [1.807, 2.05) is 0 Å². The van der Waals surface area contributed by atoms with Gasteiger partial charge in [0.2, 0.25) is 0 Å². The summed E-state index contributed by atoms with van der Waals surface area (Å²) < 4.78 is 6.62. The molecule has 4 nitrogen and oxygen atoms in total. The maximum atomic E-state index is 10.6. The fourth-order valence-electron chi connectivity index (χ4n) is 3.16. The monoisotopic (exact) mass is 358 g/mol. The molecule has 0 unspecified atom stereocenters. The maximum Gasteiger partial charge on any atom is 0.303 e. The Balaban J connectivity index is 3.26. The Morgan fingerprint density at radius 2 is 1.24 bits per heavy atom. The zero-order chi connectivity index (χ0) is 18.8. The fourth-order valence-corrected chi connectivity index (χ4v) is 3.16. The molecule has 0 aromatic heterocycles. The molecule has 25 heavy (non-hydrogen) atoms. The van der Waals surface area contributed by atoms with Gasteiger partial charge in [0.1, 0.15) is 0 Å². The van der Waals surface area contributed by atoms with Crippen LogP contribution in [0.2, 0.25) is 0 Å². The zero-order valence-electron chi connectivity index (χ0n) is 17.2. The van der Waals surface area contributed by atoms with Crippen LogP contribution in [0.3, 0.4) is 0 Å². The van der Waals surface area contributed by atoms with Crippen molar-refractivity contribution in [2.24, 2.45) is 0 Å². The molecule has 0 amide bonds. The number of ether oxygens (including phenoxy) is 1. The molecule has 0 atom stereocenters. The van der Waals surface area contributed by atoms with E-state index in [9.17, 15) is 4.79 Å². The van der Waals surface area contributed by atoms with Gasteiger partial charge in [-0.05, 0) is 6.42 Å². The summed E-state index contributed by atoms with van der Waals surface area (Å²) in [7, 11) is 4.34. The van der Waals surface area contributed by atoms with Crippen molar-refractivity contribution in [1.82, 2.24) is 0 Å². The quantitative estimate of drug-likeness (QED) is 0.253. The molecule has 0 aliphatic carbocycles. The van der Waals surface area contributed by atoms with Gasteiger partial charge in [0.05, 0.1) is 40.2 Å². The van der Waals surface area contributed by atoms with E-state index in [-0.39, 0.29) is 6.42 Å². The summed E-state index contributed by atoms with van der Waals surface area (Å²) in [5, 5.41) is 8.69. The van der Waals surface area contributed by atoms with Crippen molar-refractivity contribution in [2.45, 2.75) is 90.4 Å². The van der Waals surface area contributed by atoms with E-state index in [0.717, 1.165) is 43.6 Å². The summed E-state index contributed by atoms with van der Waals surface area (Å²) in [6.45, 7) is 5.97. The molecule has 0 aliphatic heterocycles. The van der Waals surface area contributed by atoms with Crippen LogP contribution in [0.4, 0.5) is 0 Å². The molecule has 1 N–H and O–H groups in total. The summed E-state index contributed by atoms with van der Waals surface area (Å²) in [5.74, 6) is -0.695. The Labute approximate surface area is 156 Å². The number of nitrogens with zero attached hydrogens (tertiary/aromatic N) is 1. The van der Waals surface area contributed by atoms with Gasteiger partial charge in [-0.1, -0.05) is 64.7 Å². The molecule has 0 spiro atoms. The summed E-state index contributed by atoms with van der Waals surface area (Å²) in [6.07, 6.45) is 15.7. The third kappa shape index (κ3) is 19.6. The lowest BCUT2D eigenvalue weighted by atomic mass is 10.1. The van der Waals surface area contributed by atoms with Gasteiger partial charge in [-0.25, -0.2) is 0 Å². The van der Waals surface area contributed by atoms with Crippen LogP contribution in [0.15, 0.2) is 0 Å². The fraction of sp³-hybridized carbons (Fsp3) is 0.952. The maximum absolute atomic E-state index is 10.6. The number of aliphatic carboxylic acids is 1. The van der Waals surface area contributed by atoms with E-state index in [0.29, 0.717) is 0 Å². The van der Waals surface area contributed by atoms with Gasteiger partial charge in [0.15, 0.2) is 0 Å². The number of unbranched alkanes of at least 4 members (excludes halogenated alkanes) is 9. The van der Waals surface area contributed by atoms with Crippen LogP contribution in [0.5, 0.6) is 0 Å². The van der Waals surface area contributed by atoms with Crippen molar-refractivity contribution < 1.29 is 19.1 Å². The van der Waals surface area contributed by atoms with Gasteiger partial charge in [-0.3, -0.25) is 4.79 Å². The number of hydrogen-bond donors (Lipinski definition) is 1. The van der Waals surface area contributed by atoms with Gasteiger partial charge in [0.25, 0.3) is 0 Å². The first-order chi connectivity index (χ1) is 12.0. The van der Waals surface area contributed by atoms with Crippen LogP contribution in [0.25, 0.3) is 0 Å². The Bertz CT molecular complexity index is 306. The summed E-state index contributed by atoms with van der Waals surface area (Å²) in [4.78, 5) is 10.6. The van der Waals surface area contributed by atoms with Crippen LogP contribution in [-0.2, 0) is 9.53 Å². The number of carboxylic acids is 1. The first kappa shape index (κ1) is 24.4. The van der Waals surface area contributed by atoms with Gasteiger partial charge in [-0.15, -0.1) is 0 Å². The summed E-state index contributed by atoms with van der Waals surface area (Å²) >= 11 is 0. The molecule has 0 aromatic rings. The van der Waals surface area contributed by atoms with Crippen molar-refractivity contribution in [3.05, 3.63) is 0 Å². The zero-order valence-corrected chi connectivity index (χ0v) is 17.2. The van der Waals surface area contributed by atoms with E-state index >= 15 is 0 Å². The van der Waals surface area contributed by atoms with Gasteiger partial charge < -0.3 is 14.3 Å². The number of hydrogen-bond acceptors (Lipinski definition) is 2. The third-order valence-electron chi connectivity index (χ3n) is 4.85. The van der Waals surface area contributed by atoms with Crippen LogP contribution >= 0.6 is 0 Å². The van der Waals surface area contributed by atoms with Gasteiger partial charge in [-0.2, -0.15) is 0 Å². The van der Waals surface area contributed by atoms with Crippen molar-refractivity contribution in [2.75, 3.05) is 40.4 Å².